The highest BCUT2D eigenvalue weighted by molar-refractivity contribution is 8.00. The van der Waals surface area contributed by atoms with Gasteiger partial charge in [-0.15, -0.1) is 0 Å². The van der Waals surface area contributed by atoms with Crippen molar-refractivity contribution in [3.05, 3.63) is 60.7 Å². The van der Waals surface area contributed by atoms with Crippen LogP contribution >= 0.6 is 11.8 Å². The maximum Gasteiger partial charge on any atom is 0.257 e. The van der Waals surface area contributed by atoms with E-state index < -0.39 is 0 Å². The van der Waals surface area contributed by atoms with Crippen LogP contribution in [0.15, 0.2) is 70.3 Å². The molecule has 2 aliphatic carbocycles. The van der Waals surface area contributed by atoms with Crippen LogP contribution < -0.4 is 0 Å². The van der Waals surface area contributed by atoms with Gasteiger partial charge in [-0.3, -0.25) is 4.79 Å². The Morgan fingerprint density at radius 1 is 0.923 bits per heavy atom. The average molecular weight is 361 g/mol. The third-order valence-electron chi connectivity index (χ3n) is 5.50. The molecule has 2 fully saturated rings. The predicted octanol–water partition coefficient (Wildman–Crippen LogP) is 5.47. The summed E-state index contributed by atoms with van der Waals surface area (Å²) < 4.78 is 6.17. The normalized spacial score (nSPS) is 24.3. The van der Waals surface area contributed by atoms with Crippen LogP contribution in [0.2, 0.25) is 0 Å². The maximum atomic E-state index is 12.5. The zero-order chi connectivity index (χ0) is 17.5. The monoisotopic (exact) mass is 361 g/mol. The number of Topliss-reactive ketones (excluding diaryl/α,β-unsaturated/α-hetero) is 1. The Hall–Kier alpha value is -2.33. The highest BCUT2D eigenvalue weighted by Crippen LogP contribution is 2.49. The summed E-state index contributed by atoms with van der Waals surface area (Å²) in [7, 11) is 0. The molecule has 0 N–H and O–H groups in total. The van der Waals surface area contributed by atoms with E-state index in [-0.39, 0.29) is 11.2 Å². The highest BCUT2D eigenvalue weighted by atomic mass is 32.2. The van der Waals surface area contributed by atoms with Gasteiger partial charge in [-0.05, 0) is 25.2 Å². The van der Waals surface area contributed by atoms with Crippen molar-refractivity contribution < 1.29 is 9.21 Å². The van der Waals surface area contributed by atoms with Crippen LogP contribution in [0.1, 0.15) is 19.3 Å². The van der Waals surface area contributed by atoms with Crippen molar-refractivity contribution >= 4 is 17.5 Å². The van der Waals surface area contributed by atoms with Crippen molar-refractivity contribution in [2.75, 3.05) is 0 Å². The number of hydrogen-bond donors (Lipinski definition) is 0. The van der Waals surface area contributed by atoms with Crippen molar-refractivity contribution in [3.8, 4) is 22.6 Å². The molecular weight excluding hydrogens is 342 g/mol. The molecular formula is C22H19NO2S. The molecule has 0 spiro atoms. The first kappa shape index (κ1) is 15.9. The zero-order valence-electron chi connectivity index (χ0n) is 14.3. The number of ketones is 1. The van der Waals surface area contributed by atoms with Crippen molar-refractivity contribution in [2.45, 2.75) is 29.7 Å². The fraction of sp³-hybridized carbons (Fsp3) is 0.273. The van der Waals surface area contributed by atoms with Crippen molar-refractivity contribution in [3.63, 3.8) is 0 Å². The molecule has 0 amide bonds. The van der Waals surface area contributed by atoms with Gasteiger partial charge in [0, 0.05) is 17.0 Å². The van der Waals surface area contributed by atoms with Crippen LogP contribution in [0.4, 0.5) is 0 Å². The van der Waals surface area contributed by atoms with Gasteiger partial charge in [0.05, 0.1) is 5.25 Å². The summed E-state index contributed by atoms with van der Waals surface area (Å²) >= 11 is 1.52. The number of fused-ring (bicyclic) bond motifs is 2. The number of thioether (sulfide) groups is 1. The minimum Gasteiger partial charge on any atom is -0.431 e. The number of oxazole rings is 1. The van der Waals surface area contributed by atoms with Crippen LogP contribution in [0.3, 0.4) is 0 Å². The topological polar surface area (TPSA) is 43.1 Å². The molecule has 2 aliphatic rings. The number of carbonyl (C=O) groups excluding carboxylic acids is 1. The molecule has 4 heteroatoms. The molecule has 0 aliphatic heterocycles. The summed E-state index contributed by atoms with van der Waals surface area (Å²) in [6, 6.07) is 20.1. The second-order valence-electron chi connectivity index (χ2n) is 7.10. The number of benzene rings is 2. The maximum absolute atomic E-state index is 12.5. The predicted molar refractivity (Wildman–Crippen MR) is 103 cm³/mol. The van der Waals surface area contributed by atoms with Crippen molar-refractivity contribution in [2.24, 2.45) is 11.8 Å². The Labute approximate surface area is 156 Å². The summed E-state index contributed by atoms with van der Waals surface area (Å²) in [5.74, 6) is 1.93. The van der Waals surface area contributed by atoms with Gasteiger partial charge in [0.15, 0.2) is 5.76 Å². The lowest BCUT2D eigenvalue weighted by Crippen LogP contribution is -2.24. The van der Waals surface area contributed by atoms with E-state index in [0.717, 1.165) is 41.8 Å². The molecule has 0 radical (unpaired) electrons. The molecule has 130 valence electrons. The molecule has 1 heterocycles. The third kappa shape index (κ3) is 2.69. The van der Waals surface area contributed by atoms with Crippen molar-refractivity contribution in [1.29, 1.82) is 0 Å². The van der Waals surface area contributed by atoms with E-state index in [1.807, 2.05) is 60.7 Å². The Bertz CT molecular complexity index is 878. The van der Waals surface area contributed by atoms with E-state index in [1.54, 1.807) is 0 Å². The molecule has 0 saturated heterocycles. The SMILES string of the molecule is O=C1[C@H]2CC[C@H](C2)[C@@H]1Sc1nc(-c2ccccc2)c(-c2ccccc2)o1. The molecule has 3 atom stereocenters. The van der Waals surface area contributed by atoms with E-state index in [0.29, 0.717) is 16.9 Å². The quantitative estimate of drug-likeness (QED) is 0.618. The van der Waals surface area contributed by atoms with E-state index >= 15 is 0 Å². The fourth-order valence-electron chi connectivity index (χ4n) is 4.21. The number of nitrogens with zero attached hydrogens (tertiary/aromatic N) is 1. The van der Waals surface area contributed by atoms with Gasteiger partial charge >= 0.3 is 0 Å². The molecule has 1 aromatic heterocycles. The minimum absolute atomic E-state index is 0.0136. The van der Waals surface area contributed by atoms with Gasteiger partial charge in [-0.2, -0.15) is 0 Å². The van der Waals surface area contributed by atoms with Gasteiger partial charge in [0.2, 0.25) is 0 Å². The third-order valence-corrected chi connectivity index (χ3v) is 6.75. The zero-order valence-corrected chi connectivity index (χ0v) is 15.1. The van der Waals surface area contributed by atoms with E-state index in [1.165, 1.54) is 11.8 Å². The summed E-state index contributed by atoms with van der Waals surface area (Å²) in [6.07, 6.45) is 3.27. The Morgan fingerprint density at radius 2 is 1.62 bits per heavy atom. The van der Waals surface area contributed by atoms with Gasteiger partial charge in [0.25, 0.3) is 5.22 Å². The Balaban J connectivity index is 1.53. The average Bonchev–Trinajstić information content (AvgIpc) is 3.40. The summed E-state index contributed by atoms with van der Waals surface area (Å²) in [6.45, 7) is 0. The number of carbonyl (C=O) groups is 1. The summed E-state index contributed by atoms with van der Waals surface area (Å²) in [4.78, 5) is 17.3. The first-order valence-corrected chi connectivity index (χ1v) is 9.99. The van der Waals surface area contributed by atoms with Crippen LogP contribution in [0.25, 0.3) is 22.6 Å². The molecule has 3 aromatic rings. The van der Waals surface area contributed by atoms with E-state index in [2.05, 4.69) is 0 Å². The largest absolute Gasteiger partial charge is 0.431 e. The van der Waals surface area contributed by atoms with Crippen LogP contribution in [0, 0.1) is 11.8 Å². The first-order valence-electron chi connectivity index (χ1n) is 9.11. The lowest BCUT2D eigenvalue weighted by Gasteiger charge is -2.17. The molecule has 26 heavy (non-hydrogen) atoms. The van der Waals surface area contributed by atoms with Gasteiger partial charge in [-0.1, -0.05) is 72.4 Å². The second kappa shape index (κ2) is 6.44. The van der Waals surface area contributed by atoms with Crippen molar-refractivity contribution in [1.82, 2.24) is 4.98 Å². The van der Waals surface area contributed by atoms with E-state index in [9.17, 15) is 4.79 Å². The number of hydrogen-bond acceptors (Lipinski definition) is 4. The van der Waals surface area contributed by atoms with Gasteiger partial charge < -0.3 is 4.42 Å². The van der Waals surface area contributed by atoms with Gasteiger partial charge in [0.1, 0.15) is 11.5 Å². The minimum atomic E-state index is 0.0136. The highest BCUT2D eigenvalue weighted by Gasteiger charge is 2.47. The summed E-state index contributed by atoms with van der Waals surface area (Å²) in [5, 5.41) is 0.619. The fourth-order valence-corrected chi connectivity index (χ4v) is 5.45. The molecule has 2 saturated carbocycles. The molecule has 2 bridgehead atoms. The first-order chi connectivity index (χ1) is 12.8. The van der Waals surface area contributed by atoms with E-state index in [4.69, 9.17) is 9.40 Å². The molecule has 0 unspecified atom stereocenters. The standard InChI is InChI=1S/C22H19NO2S/c24-19-16-11-12-17(13-16)21(19)26-22-23-18(14-7-3-1-4-8-14)20(25-22)15-9-5-2-6-10-15/h1-10,16-17,21H,11-13H2/t16-,17+,21-/m0/s1. The Morgan fingerprint density at radius 3 is 2.27 bits per heavy atom. The second-order valence-corrected chi connectivity index (χ2v) is 8.19. The number of aromatic nitrogens is 1. The summed E-state index contributed by atoms with van der Waals surface area (Å²) in [5.41, 5.74) is 2.88. The Kier molecular flexibility index (Phi) is 3.93. The lowest BCUT2D eigenvalue weighted by molar-refractivity contribution is -0.121. The van der Waals surface area contributed by atoms with Crippen LogP contribution in [-0.4, -0.2) is 16.0 Å². The van der Waals surface area contributed by atoms with Crippen LogP contribution in [0.5, 0.6) is 0 Å². The molecule has 3 nitrogen and oxygen atoms in total. The smallest absolute Gasteiger partial charge is 0.257 e. The van der Waals surface area contributed by atoms with Crippen LogP contribution in [-0.2, 0) is 4.79 Å². The molecule has 5 rings (SSSR count). The molecule has 2 aromatic carbocycles. The number of rotatable bonds is 4. The lowest BCUT2D eigenvalue weighted by atomic mass is 9.99. The van der Waals surface area contributed by atoms with Gasteiger partial charge in [-0.25, -0.2) is 4.98 Å².